The molecule has 1 amide bonds. The number of rotatable bonds is 8. The molecule has 0 atom stereocenters. The van der Waals surface area contributed by atoms with Crippen molar-refractivity contribution in [3.8, 4) is 0 Å². The summed E-state index contributed by atoms with van der Waals surface area (Å²) in [6, 6.07) is 5.45. The van der Waals surface area contributed by atoms with E-state index in [4.69, 9.17) is 11.6 Å². The normalized spacial score (nSPS) is 10.9. The van der Waals surface area contributed by atoms with Gasteiger partial charge in [-0.2, -0.15) is 0 Å². The van der Waals surface area contributed by atoms with Crippen LogP contribution in [0.3, 0.4) is 0 Å². The zero-order valence-electron chi connectivity index (χ0n) is 16.3. The van der Waals surface area contributed by atoms with Crippen LogP contribution in [-0.2, 0) is 17.8 Å². The van der Waals surface area contributed by atoms with Crippen molar-refractivity contribution in [2.45, 2.75) is 33.2 Å². The highest BCUT2D eigenvalue weighted by molar-refractivity contribution is 14.0. The molecule has 0 saturated heterocycles. The number of halogens is 2. The van der Waals surface area contributed by atoms with Gasteiger partial charge < -0.3 is 20.5 Å². The Bertz CT molecular complexity index is 794. The standard InChI is InChI=1S/C18H26ClN7O.HI/c1-4-16-25-23-12-26(16)11-10-22-18(20-3)21-9-8-17(27)24-15-7-5-6-14(19)13(15)2;/h5-7,12H,4,8-11H2,1-3H3,(H,24,27)(H2,20,21,22);1H. The minimum absolute atomic E-state index is 0. The Morgan fingerprint density at radius 2 is 2.04 bits per heavy atom. The predicted octanol–water partition coefficient (Wildman–Crippen LogP) is 2.61. The fourth-order valence-electron chi connectivity index (χ4n) is 2.50. The van der Waals surface area contributed by atoms with Crippen molar-refractivity contribution in [1.82, 2.24) is 25.4 Å². The number of benzene rings is 1. The molecular formula is C18H27ClIN7O. The van der Waals surface area contributed by atoms with E-state index in [0.717, 1.165) is 30.0 Å². The molecule has 2 aromatic rings. The molecule has 0 unspecified atom stereocenters. The molecule has 0 aliphatic rings. The molecule has 8 nitrogen and oxygen atoms in total. The average molecular weight is 520 g/mol. The Labute approximate surface area is 187 Å². The largest absolute Gasteiger partial charge is 0.356 e. The molecule has 0 aliphatic heterocycles. The monoisotopic (exact) mass is 519 g/mol. The van der Waals surface area contributed by atoms with Gasteiger partial charge in [-0.15, -0.1) is 34.2 Å². The SMILES string of the molecule is CCc1nncn1CCNC(=NC)NCCC(=O)Nc1cccc(Cl)c1C.I. The second-order valence-corrected chi connectivity index (χ2v) is 6.34. The minimum atomic E-state index is -0.0830. The van der Waals surface area contributed by atoms with E-state index in [-0.39, 0.29) is 29.9 Å². The van der Waals surface area contributed by atoms with Crippen molar-refractivity contribution < 1.29 is 4.79 Å². The lowest BCUT2D eigenvalue weighted by Gasteiger charge is -2.13. The van der Waals surface area contributed by atoms with Crippen LogP contribution in [0.15, 0.2) is 29.5 Å². The quantitative estimate of drug-likeness (QED) is 0.283. The third kappa shape index (κ3) is 7.27. The highest BCUT2D eigenvalue weighted by atomic mass is 127. The van der Waals surface area contributed by atoms with E-state index in [0.29, 0.717) is 30.5 Å². The highest BCUT2D eigenvalue weighted by Crippen LogP contribution is 2.22. The number of aryl methyl sites for hydroxylation is 1. The van der Waals surface area contributed by atoms with Gasteiger partial charge in [0.05, 0.1) is 0 Å². The van der Waals surface area contributed by atoms with E-state index < -0.39 is 0 Å². The number of carbonyl (C=O) groups is 1. The topological polar surface area (TPSA) is 96.2 Å². The Morgan fingerprint density at radius 3 is 2.75 bits per heavy atom. The molecule has 28 heavy (non-hydrogen) atoms. The van der Waals surface area contributed by atoms with E-state index in [9.17, 15) is 4.79 Å². The number of aromatic nitrogens is 3. The van der Waals surface area contributed by atoms with Crippen LogP contribution >= 0.6 is 35.6 Å². The van der Waals surface area contributed by atoms with Crippen molar-refractivity contribution >= 4 is 53.1 Å². The minimum Gasteiger partial charge on any atom is -0.356 e. The molecule has 0 spiro atoms. The summed E-state index contributed by atoms with van der Waals surface area (Å²) in [7, 11) is 1.70. The van der Waals surface area contributed by atoms with Gasteiger partial charge in [-0.25, -0.2) is 0 Å². The third-order valence-electron chi connectivity index (χ3n) is 4.07. The van der Waals surface area contributed by atoms with Gasteiger partial charge in [0.1, 0.15) is 12.2 Å². The number of nitrogens with zero attached hydrogens (tertiary/aromatic N) is 4. The summed E-state index contributed by atoms with van der Waals surface area (Å²) < 4.78 is 2.00. The zero-order chi connectivity index (χ0) is 19.6. The molecule has 0 saturated carbocycles. The van der Waals surface area contributed by atoms with E-state index in [1.165, 1.54) is 0 Å². The summed E-state index contributed by atoms with van der Waals surface area (Å²) in [5.41, 5.74) is 1.59. The van der Waals surface area contributed by atoms with Gasteiger partial charge in [0.2, 0.25) is 5.91 Å². The number of hydrogen-bond acceptors (Lipinski definition) is 4. The average Bonchev–Trinajstić information content (AvgIpc) is 3.11. The number of carbonyl (C=O) groups excluding carboxylic acids is 1. The fourth-order valence-corrected chi connectivity index (χ4v) is 2.68. The summed E-state index contributed by atoms with van der Waals surface area (Å²) >= 11 is 6.07. The second-order valence-electron chi connectivity index (χ2n) is 5.93. The first-order valence-electron chi connectivity index (χ1n) is 8.91. The van der Waals surface area contributed by atoms with E-state index in [1.54, 1.807) is 19.4 Å². The molecule has 3 N–H and O–H groups in total. The molecule has 0 bridgehead atoms. The van der Waals surface area contributed by atoms with Gasteiger partial charge in [-0.1, -0.05) is 24.6 Å². The molecule has 1 heterocycles. The van der Waals surface area contributed by atoms with E-state index in [1.807, 2.05) is 30.5 Å². The van der Waals surface area contributed by atoms with Gasteiger partial charge in [0.25, 0.3) is 0 Å². The molecule has 1 aromatic heterocycles. The first-order chi connectivity index (χ1) is 13.0. The summed E-state index contributed by atoms with van der Waals surface area (Å²) in [5.74, 6) is 1.51. The van der Waals surface area contributed by atoms with E-state index in [2.05, 4.69) is 31.1 Å². The number of aliphatic imine (C=N–C) groups is 1. The third-order valence-corrected chi connectivity index (χ3v) is 4.48. The molecule has 154 valence electrons. The highest BCUT2D eigenvalue weighted by Gasteiger charge is 2.07. The van der Waals surface area contributed by atoms with Crippen LogP contribution in [0.25, 0.3) is 0 Å². The van der Waals surface area contributed by atoms with Crippen LogP contribution in [0.1, 0.15) is 24.7 Å². The van der Waals surface area contributed by atoms with Crippen molar-refractivity contribution in [1.29, 1.82) is 0 Å². The van der Waals surface area contributed by atoms with Gasteiger partial charge in [0, 0.05) is 50.2 Å². The molecule has 2 rings (SSSR count). The van der Waals surface area contributed by atoms with Gasteiger partial charge in [-0.3, -0.25) is 9.79 Å². The molecule has 10 heteroatoms. The molecule has 0 radical (unpaired) electrons. The summed E-state index contributed by atoms with van der Waals surface area (Å²) in [5, 5.41) is 17.8. The number of amides is 1. The smallest absolute Gasteiger partial charge is 0.226 e. The number of nitrogens with one attached hydrogen (secondary N) is 3. The molecule has 0 aliphatic carbocycles. The lowest BCUT2D eigenvalue weighted by Crippen LogP contribution is -2.40. The summed E-state index contributed by atoms with van der Waals surface area (Å²) in [4.78, 5) is 16.3. The maximum atomic E-state index is 12.1. The Kier molecular flexibility index (Phi) is 10.8. The second kappa shape index (κ2) is 12.6. The van der Waals surface area contributed by atoms with Crippen LogP contribution in [0.2, 0.25) is 5.02 Å². The number of anilines is 1. The lowest BCUT2D eigenvalue weighted by molar-refractivity contribution is -0.116. The number of hydrogen-bond donors (Lipinski definition) is 3. The Morgan fingerprint density at radius 1 is 1.29 bits per heavy atom. The van der Waals surface area contributed by atoms with Crippen molar-refractivity contribution in [2.24, 2.45) is 4.99 Å². The predicted molar refractivity (Wildman–Crippen MR) is 124 cm³/mol. The maximum absolute atomic E-state index is 12.1. The van der Waals surface area contributed by atoms with Crippen LogP contribution in [0.4, 0.5) is 5.69 Å². The molecule has 1 aromatic carbocycles. The summed E-state index contributed by atoms with van der Waals surface area (Å²) in [6.45, 7) is 5.81. The van der Waals surface area contributed by atoms with Gasteiger partial charge in [-0.05, 0) is 24.6 Å². The zero-order valence-corrected chi connectivity index (χ0v) is 19.4. The van der Waals surface area contributed by atoms with Gasteiger partial charge >= 0.3 is 0 Å². The van der Waals surface area contributed by atoms with Crippen LogP contribution in [-0.4, -0.2) is 46.8 Å². The van der Waals surface area contributed by atoms with Crippen molar-refractivity contribution in [3.63, 3.8) is 0 Å². The fraction of sp³-hybridized carbons (Fsp3) is 0.444. The van der Waals surface area contributed by atoms with E-state index >= 15 is 0 Å². The molecule has 0 fully saturated rings. The lowest BCUT2D eigenvalue weighted by atomic mass is 10.2. The molecular weight excluding hydrogens is 493 g/mol. The first-order valence-corrected chi connectivity index (χ1v) is 9.29. The Balaban J connectivity index is 0.00000392. The van der Waals surface area contributed by atoms with Crippen LogP contribution < -0.4 is 16.0 Å². The van der Waals surface area contributed by atoms with Crippen molar-refractivity contribution in [3.05, 3.63) is 40.9 Å². The first kappa shape index (κ1) is 24.2. The van der Waals surface area contributed by atoms with Crippen LogP contribution in [0, 0.1) is 6.92 Å². The summed E-state index contributed by atoms with van der Waals surface area (Å²) in [6.07, 6.45) is 2.88. The maximum Gasteiger partial charge on any atom is 0.226 e. The Hall–Kier alpha value is -1.88. The van der Waals surface area contributed by atoms with Gasteiger partial charge in [0.15, 0.2) is 5.96 Å². The van der Waals surface area contributed by atoms with Crippen molar-refractivity contribution in [2.75, 3.05) is 25.5 Å². The van der Waals surface area contributed by atoms with Crippen LogP contribution in [0.5, 0.6) is 0 Å². The number of guanidine groups is 1.